The summed E-state index contributed by atoms with van der Waals surface area (Å²) < 4.78 is 5.57. The lowest BCUT2D eigenvalue weighted by Crippen LogP contribution is -2.49. The molecule has 4 fully saturated rings. The first-order chi connectivity index (χ1) is 9.51. The highest BCUT2D eigenvalue weighted by Gasteiger charge is 2.54. The third-order valence-electron chi connectivity index (χ3n) is 6.03. The van der Waals surface area contributed by atoms with Gasteiger partial charge in [0.25, 0.3) is 0 Å². The van der Waals surface area contributed by atoms with Gasteiger partial charge in [0.15, 0.2) is 5.82 Å². The maximum atomic E-state index is 5.83. The first kappa shape index (κ1) is 15.3. The zero-order chi connectivity index (χ0) is 14.0. The lowest BCUT2D eigenvalue weighted by molar-refractivity contribution is -0.0103. The van der Waals surface area contributed by atoms with Gasteiger partial charge in [0.2, 0.25) is 5.89 Å². The summed E-state index contributed by atoms with van der Waals surface area (Å²) in [7, 11) is 0. The molecule has 0 atom stereocenters. The van der Waals surface area contributed by atoms with Crippen LogP contribution in [0.3, 0.4) is 0 Å². The molecule has 4 bridgehead atoms. The van der Waals surface area contributed by atoms with Gasteiger partial charge in [0.05, 0.1) is 5.41 Å². The fourth-order valence-corrected chi connectivity index (χ4v) is 5.19. The van der Waals surface area contributed by atoms with E-state index in [2.05, 4.69) is 19.0 Å². The summed E-state index contributed by atoms with van der Waals surface area (Å²) in [6, 6.07) is 0. The average molecular weight is 312 g/mol. The smallest absolute Gasteiger partial charge is 0.233 e. The molecule has 5 heteroatoms. The van der Waals surface area contributed by atoms with E-state index in [9.17, 15) is 0 Å². The molecule has 0 unspecified atom stereocenters. The van der Waals surface area contributed by atoms with Crippen LogP contribution in [0.2, 0.25) is 0 Å². The summed E-state index contributed by atoms with van der Waals surface area (Å²) in [5.74, 6) is 4.42. The van der Waals surface area contributed by atoms with Gasteiger partial charge in [0, 0.05) is 12.0 Å². The molecular weight excluding hydrogens is 286 g/mol. The molecule has 4 nitrogen and oxygen atoms in total. The Balaban J connectivity index is 0.00000132. The Morgan fingerprint density at radius 3 is 2.14 bits per heavy atom. The van der Waals surface area contributed by atoms with E-state index in [-0.39, 0.29) is 23.2 Å². The van der Waals surface area contributed by atoms with Crippen molar-refractivity contribution >= 4 is 12.4 Å². The molecule has 1 aromatic rings. The van der Waals surface area contributed by atoms with Crippen molar-refractivity contribution in [1.29, 1.82) is 0 Å². The largest absolute Gasteiger partial charge is 0.339 e. The van der Waals surface area contributed by atoms with E-state index in [4.69, 9.17) is 15.2 Å². The van der Waals surface area contributed by atoms with Crippen molar-refractivity contribution < 1.29 is 4.52 Å². The van der Waals surface area contributed by atoms with Crippen molar-refractivity contribution in [1.82, 2.24) is 10.1 Å². The molecular formula is C16H26ClN3O. The monoisotopic (exact) mass is 311 g/mol. The number of hydrogen-bond donors (Lipinski definition) is 1. The zero-order valence-corrected chi connectivity index (χ0v) is 13.8. The van der Waals surface area contributed by atoms with Crippen LogP contribution in [0.15, 0.2) is 4.52 Å². The molecule has 0 radical (unpaired) electrons. The molecule has 4 saturated carbocycles. The van der Waals surface area contributed by atoms with Crippen molar-refractivity contribution in [2.24, 2.45) is 23.5 Å². The number of hydrogen-bond acceptors (Lipinski definition) is 4. The second-order valence-corrected chi connectivity index (χ2v) is 8.21. The summed E-state index contributed by atoms with van der Waals surface area (Å²) in [5.41, 5.74) is 5.83. The molecule has 1 aromatic heterocycles. The van der Waals surface area contributed by atoms with Crippen molar-refractivity contribution in [3.05, 3.63) is 11.7 Å². The second-order valence-electron chi connectivity index (χ2n) is 8.21. The van der Waals surface area contributed by atoms with Gasteiger partial charge < -0.3 is 10.3 Å². The van der Waals surface area contributed by atoms with Gasteiger partial charge in [-0.15, -0.1) is 12.4 Å². The molecule has 0 aromatic carbocycles. The quantitative estimate of drug-likeness (QED) is 0.931. The van der Waals surface area contributed by atoms with Crippen LogP contribution in [0.5, 0.6) is 0 Å². The van der Waals surface area contributed by atoms with E-state index < -0.39 is 0 Å². The van der Waals surface area contributed by atoms with Gasteiger partial charge >= 0.3 is 0 Å². The SMILES string of the molecule is CC(C)(CN)c1nc(C23CC4CC(CC(C4)C2)C3)no1.Cl. The van der Waals surface area contributed by atoms with E-state index in [1.165, 1.54) is 38.5 Å². The molecule has 1 heterocycles. The Labute approximate surface area is 132 Å². The molecule has 0 saturated heterocycles. The first-order valence-corrected chi connectivity index (χ1v) is 8.05. The zero-order valence-electron chi connectivity index (χ0n) is 13.0. The van der Waals surface area contributed by atoms with Crippen molar-refractivity contribution in [3.63, 3.8) is 0 Å². The second kappa shape index (κ2) is 4.95. The van der Waals surface area contributed by atoms with Crippen LogP contribution >= 0.6 is 12.4 Å². The average Bonchev–Trinajstić information content (AvgIpc) is 2.88. The minimum Gasteiger partial charge on any atom is -0.339 e. The highest BCUT2D eigenvalue weighted by atomic mass is 35.5. The predicted octanol–water partition coefficient (Wildman–Crippen LogP) is 3.20. The molecule has 21 heavy (non-hydrogen) atoms. The third-order valence-corrected chi connectivity index (χ3v) is 6.03. The number of halogens is 1. The molecule has 0 spiro atoms. The van der Waals surface area contributed by atoms with Crippen LogP contribution in [0.4, 0.5) is 0 Å². The minimum absolute atomic E-state index is 0. The molecule has 2 N–H and O–H groups in total. The molecule has 4 aliphatic carbocycles. The van der Waals surface area contributed by atoms with Crippen molar-refractivity contribution in [2.45, 2.75) is 63.2 Å². The van der Waals surface area contributed by atoms with E-state index >= 15 is 0 Å². The Bertz CT molecular complexity index is 490. The Hall–Kier alpha value is -0.610. The minimum atomic E-state index is -0.215. The van der Waals surface area contributed by atoms with E-state index in [0.29, 0.717) is 12.4 Å². The number of rotatable bonds is 3. The van der Waals surface area contributed by atoms with Crippen LogP contribution in [-0.2, 0) is 10.8 Å². The van der Waals surface area contributed by atoms with E-state index in [0.717, 1.165) is 23.6 Å². The number of nitrogens with zero attached hydrogens (tertiary/aromatic N) is 2. The Kier molecular flexibility index (Phi) is 3.61. The van der Waals surface area contributed by atoms with Crippen molar-refractivity contribution in [2.75, 3.05) is 6.54 Å². The van der Waals surface area contributed by atoms with E-state index in [1.54, 1.807) is 0 Å². The van der Waals surface area contributed by atoms with Gasteiger partial charge in [-0.05, 0) is 70.1 Å². The summed E-state index contributed by atoms with van der Waals surface area (Å²) in [4.78, 5) is 4.78. The van der Waals surface area contributed by atoms with Crippen LogP contribution in [0, 0.1) is 17.8 Å². The Morgan fingerprint density at radius 2 is 1.67 bits per heavy atom. The normalized spacial score (nSPS) is 37.6. The molecule has 0 aliphatic heterocycles. The van der Waals surface area contributed by atoms with Crippen LogP contribution in [0.25, 0.3) is 0 Å². The fourth-order valence-electron chi connectivity index (χ4n) is 5.19. The summed E-state index contributed by atoms with van der Waals surface area (Å²) in [6.07, 6.45) is 8.16. The molecule has 5 rings (SSSR count). The molecule has 4 aliphatic rings. The van der Waals surface area contributed by atoms with Crippen LogP contribution in [-0.4, -0.2) is 16.7 Å². The lowest BCUT2D eigenvalue weighted by Gasteiger charge is -2.55. The van der Waals surface area contributed by atoms with Gasteiger partial charge in [-0.1, -0.05) is 5.16 Å². The lowest BCUT2D eigenvalue weighted by atomic mass is 9.49. The van der Waals surface area contributed by atoms with E-state index in [1.807, 2.05) is 0 Å². The Morgan fingerprint density at radius 1 is 1.14 bits per heavy atom. The maximum Gasteiger partial charge on any atom is 0.233 e. The predicted molar refractivity (Wildman–Crippen MR) is 83.5 cm³/mol. The summed E-state index contributed by atoms with van der Waals surface area (Å²) in [5, 5.41) is 4.38. The van der Waals surface area contributed by atoms with Gasteiger partial charge in [-0.3, -0.25) is 0 Å². The van der Waals surface area contributed by atoms with Crippen LogP contribution in [0.1, 0.15) is 64.1 Å². The number of nitrogens with two attached hydrogens (primary N) is 1. The van der Waals surface area contributed by atoms with Gasteiger partial charge in [-0.25, -0.2) is 0 Å². The van der Waals surface area contributed by atoms with Crippen LogP contribution < -0.4 is 5.73 Å². The summed E-state index contributed by atoms with van der Waals surface area (Å²) in [6.45, 7) is 4.68. The highest BCUT2D eigenvalue weighted by molar-refractivity contribution is 5.85. The first-order valence-electron chi connectivity index (χ1n) is 8.05. The topological polar surface area (TPSA) is 64.9 Å². The standard InChI is InChI=1S/C16H25N3O.ClH/c1-15(2,9-17)14-18-13(19-20-14)16-6-10-3-11(7-16)5-12(4-10)8-16;/h10-12H,3-9,17H2,1-2H3;1H. The third kappa shape index (κ3) is 2.31. The molecule has 0 amide bonds. The maximum absolute atomic E-state index is 5.83. The summed E-state index contributed by atoms with van der Waals surface area (Å²) >= 11 is 0. The highest BCUT2D eigenvalue weighted by Crippen LogP contribution is 2.60. The fraction of sp³-hybridized carbons (Fsp3) is 0.875. The molecule has 118 valence electrons. The number of aromatic nitrogens is 2. The van der Waals surface area contributed by atoms with Crippen molar-refractivity contribution in [3.8, 4) is 0 Å². The van der Waals surface area contributed by atoms with Gasteiger partial charge in [-0.2, -0.15) is 4.98 Å². The van der Waals surface area contributed by atoms with Gasteiger partial charge in [0.1, 0.15) is 0 Å².